The number of aliphatic hydroxyl groups excluding tert-OH is 1. The van der Waals surface area contributed by atoms with Crippen LogP contribution in [0.5, 0.6) is 0 Å². The van der Waals surface area contributed by atoms with E-state index in [-0.39, 0.29) is 0 Å². The van der Waals surface area contributed by atoms with Crippen LogP contribution in [0.1, 0.15) is 19.3 Å². The fourth-order valence-corrected chi connectivity index (χ4v) is 2.67. The van der Waals surface area contributed by atoms with Crippen LogP contribution in [0.25, 0.3) is 0 Å². The first kappa shape index (κ1) is 6.62. The summed E-state index contributed by atoms with van der Waals surface area (Å²) < 4.78 is 0. The van der Waals surface area contributed by atoms with Gasteiger partial charge in [0.05, 0.1) is 0 Å². The first-order chi connectivity index (χ1) is 4.79. The molecule has 2 nitrogen and oxygen atoms in total. The van der Waals surface area contributed by atoms with Gasteiger partial charge in [0.25, 0.3) is 0 Å². The molecule has 0 saturated heterocycles. The van der Waals surface area contributed by atoms with Gasteiger partial charge in [-0.25, -0.2) is 0 Å². The Bertz CT molecular complexity index is 140. The van der Waals surface area contributed by atoms with Gasteiger partial charge in [0.15, 0.2) is 0 Å². The molecule has 2 bridgehead atoms. The molecule has 0 aromatic heterocycles. The van der Waals surface area contributed by atoms with Crippen LogP contribution in [0.4, 0.5) is 0 Å². The number of hydrogen-bond acceptors (Lipinski definition) is 2. The Morgan fingerprint density at radius 2 is 2.20 bits per heavy atom. The second-order valence-electron chi connectivity index (χ2n) is 3.93. The lowest BCUT2D eigenvalue weighted by molar-refractivity contribution is 0.0552. The molecular weight excluding hydrogens is 126 g/mol. The van der Waals surface area contributed by atoms with Gasteiger partial charge in [-0.1, -0.05) is 0 Å². The van der Waals surface area contributed by atoms with Gasteiger partial charge in [-0.3, -0.25) is 0 Å². The molecule has 0 amide bonds. The monoisotopic (exact) mass is 141 g/mol. The lowest BCUT2D eigenvalue weighted by Crippen LogP contribution is -2.33. The predicted octanol–water partition coefficient (Wildman–Crippen LogP) is 0.367. The van der Waals surface area contributed by atoms with E-state index in [9.17, 15) is 0 Å². The molecule has 0 aromatic carbocycles. The fourth-order valence-electron chi connectivity index (χ4n) is 2.67. The zero-order valence-electron chi connectivity index (χ0n) is 6.43. The van der Waals surface area contributed by atoms with Gasteiger partial charge in [-0.2, -0.15) is 0 Å². The summed E-state index contributed by atoms with van der Waals surface area (Å²) >= 11 is 0. The summed E-state index contributed by atoms with van der Waals surface area (Å²) in [6.45, 7) is 0.404. The van der Waals surface area contributed by atoms with Crippen molar-refractivity contribution >= 4 is 0 Å². The highest BCUT2D eigenvalue weighted by Gasteiger charge is 2.54. The lowest BCUT2D eigenvalue weighted by Gasteiger charge is -2.36. The summed E-state index contributed by atoms with van der Waals surface area (Å²) in [5.74, 6) is 0.872. The van der Waals surface area contributed by atoms with E-state index in [4.69, 9.17) is 5.11 Å². The molecule has 1 atom stereocenters. The molecule has 3 aliphatic carbocycles. The highest BCUT2D eigenvalue weighted by atomic mass is 16.3. The first-order valence-electron chi connectivity index (χ1n) is 4.08. The van der Waals surface area contributed by atoms with E-state index in [0.717, 1.165) is 5.92 Å². The molecule has 1 unspecified atom stereocenters. The van der Waals surface area contributed by atoms with Crippen LogP contribution in [-0.4, -0.2) is 24.8 Å². The van der Waals surface area contributed by atoms with Crippen LogP contribution in [0.15, 0.2) is 0 Å². The predicted molar refractivity (Wildman–Crippen MR) is 39.7 cm³/mol. The van der Waals surface area contributed by atoms with Crippen molar-refractivity contribution in [3.8, 4) is 0 Å². The van der Waals surface area contributed by atoms with E-state index < -0.39 is 0 Å². The van der Waals surface area contributed by atoms with Crippen LogP contribution in [0.3, 0.4) is 0 Å². The highest BCUT2D eigenvalue weighted by molar-refractivity contribution is 5.07. The van der Waals surface area contributed by atoms with E-state index in [1.54, 1.807) is 0 Å². The molecule has 0 radical (unpaired) electrons. The van der Waals surface area contributed by atoms with E-state index in [1.165, 1.54) is 19.3 Å². The van der Waals surface area contributed by atoms with Crippen molar-refractivity contribution in [2.45, 2.75) is 25.3 Å². The van der Waals surface area contributed by atoms with E-state index in [0.29, 0.717) is 18.1 Å². The summed E-state index contributed by atoms with van der Waals surface area (Å²) in [5.41, 5.74) is 0.346. The molecule has 3 fully saturated rings. The third-order valence-electron chi connectivity index (χ3n) is 3.32. The SMILES string of the molecule is CNC1CC2(CO)CC1C2. The Balaban J connectivity index is 2.02. The molecule has 0 heterocycles. The molecular formula is C8H15NO. The molecule has 3 rings (SSSR count). The summed E-state index contributed by atoms with van der Waals surface area (Å²) in [6, 6.07) is 0.701. The van der Waals surface area contributed by atoms with Crippen molar-refractivity contribution in [3.05, 3.63) is 0 Å². The number of aliphatic hydroxyl groups is 1. The minimum Gasteiger partial charge on any atom is -0.396 e. The van der Waals surface area contributed by atoms with E-state index >= 15 is 0 Å². The zero-order chi connectivity index (χ0) is 7.19. The zero-order valence-corrected chi connectivity index (χ0v) is 6.43. The van der Waals surface area contributed by atoms with Crippen molar-refractivity contribution in [3.63, 3.8) is 0 Å². The summed E-state index contributed by atoms with van der Waals surface area (Å²) in [7, 11) is 2.02. The summed E-state index contributed by atoms with van der Waals surface area (Å²) in [6.07, 6.45) is 3.72. The Kier molecular flexibility index (Phi) is 1.29. The smallest absolute Gasteiger partial charge is 0.0488 e. The van der Waals surface area contributed by atoms with Crippen LogP contribution >= 0.6 is 0 Å². The second-order valence-corrected chi connectivity index (χ2v) is 3.93. The van der Waals surface area contributed by atoms with Gasteiger partial charge in [0.2, 0.25) is 0 Å². The van der Waals surface area contributed by atoms with E-state index in [1.807, 2.05) is 7.05 Å². The third-order valence-corrected chi connectivity index (χ3v) is 3.32. The number of hydrogen-bond donors (Lipinski definition) is 2. The summed E-state index contributed by atoms with van der Waals surface area (Å²) in [4.78, 5) is 0. The van der Waals surface area contributed by atoms with Crippen molar-refractivity contribution in [1.29, 1.82) is 0 Å². The molecule has 2 N–H and O–H groups in total. The molecule has 58 valence electrons. The van der Waals surface area contributed by atoms with Crippen LogP contribution in [-0.2, 0) is 0 Å². The molecule has 0 aromatic rings. The molecule has 0 spiro atoms. The topological polar surface area (TPSA) is 32.3 Å². The maximum absolute atomic E-state index is 9.05. The third kappa shape index (κ3) is 0.663. The number of rotatable bonds is 2. The Hall–Kier alpha value is -0.0800. The Labute approximate surface area is 61.6 Å². The molecule has 3 aliphatic rings. The Morgan fingerprint density at radius 1 is 1.50 bits per heavy atom. The summed E-state index contributed by atoms with van der Waals surface area (Å²) in [5, 5.41) is 12.4. The molecule has 10 heavy (non-hydrogen) atoms. The fraction of sp³-hybridized carbons (Fsp3) is 1.00. The lowest BCUT2D eigenvalue weighted by atomic mass is 9.70. The minimum absolute atomic E-state index is 0.346. The Morgan fingerprint density at radius 3 is 2.50 bits per heavy atom. The molecule has 2 heteroatoms. The van der Waals surface area contributed by atoms with Crippen molar-refractivity contribution in [2.24, 2.45) is 11.3 Å². The molecule has 3 saturated carbocycles. The maximum Gasteiger partial charge on any atom is 0.0488 e. The number of fused-ring (bicyclic) bond motifs is 1. The standard InChI is InChI=1S/C8H15NO/c1-9-7-4-8(5-10)2-6(7)3-8/h6-7,9-10H,2-5H2,1H3. The normalized spacial score (nSPS) is 51.0. The maximum atomic E-state index is 9.05. The minimum atomic E-state index is 0.346. The average Bonchev–Trinajstić information content (AvgIpc) is 2.38. The van der Waals surface area contributed by atoms with Crippen LogP contribution in [0.2, 0.25) is 0 Å². The van der Waals surface area contributed by atoms with Crippen LogP contribution < -0.4 is 5.32 Å². The van der Waals surface area contributed by atoms with Crippen molar-refractivity contribution in [2.75, 3.05) is 13.7 Å². The van der Waals surface area contributed by atoms with Gasteiger partial charge >= 0.3 is 0 Å². The van der Waals surface area contributed by atoms with Gasteiger partial charge < -0.3 is 10.4 Å². The number of nitrogens with one attached hydrogen (secondary N) is 1. The average molecular weight is 141 g/mol. The largest absolute Gasteiger partial charge is 0.396 e. The van der Waals surface area contributed by atoms with Gasteiger partial charge in [0.1, 0.15) is 0 Å². The first-order valence-corrected chi connectivity index (χ1v) is 4.08. The van der Waals surface area contributed by atoms with Crippen molar-refractivity contribution < 1.29 is 5.11 Å². The second kappa shape index (κ2) is 1.95. The molecule has 0 aliphatic heterocycles. The van der Waals surface area contributed by atoms with Crippen LogP contribution in [0, 0.1) is 11.3 Å². The van der Waals surface area contributed by atoms with Gasteiger partial charge in [0, 0.05) is 12.6 Å². The highest BCUT2D eigenvalue weighted by Crippen LogP contribution is 2.58. The van der Waals surface area contributed by atoms with Gasteiger partial charge in [-0.05, 0) is 37.6 Å². The quantitative estimate of drug-likeness (QED) is 0.582. The van der Waals surface area contributed by atoms with Gasteiger partial charge in [-0.15, -0.1) is 0 Å². The van der Waals surface area contributed by atoms with Crippen molar-refractivity contribution in [1.82, 2.24) is 5.32 Å². The van der Waals surface area contributed by atoms with E-state index in [2.05, 4.69) is 5.32 Å².